The molecule has 2 nitrogen and oxygen atoms in total. The Balaban J connectivity index is 2.87. The van der Waals surface area contributed by atoms with Gasteiger partial charge in [-0.1, -0.05) is 20.8 Å². The number of amides is 1. The zero-order valence-electron chi connectivity index (χ0n) is 10.4. The largest absolute Gasteiger partial charge is 0.336 e. The maximum absolute atomic E-state index is 12.3. The van der Waals surface area contributed by atoms with E-state index in [4.69, 9.17) is 11.6 Å². The molecular formula is C12H22ClNO. The van der Waals surface area contributed by atoms with E-state index in [2.05, 4.69) is 20.8 Å². The quantitative estimate of drug-likeness (QED) is 0.669. The van der Waals surface area contributed by atoms with Gasteiger partial charge in [-0.3, -0.25) is 4.79 Å². The minimum absolute atomic E-state index is 0.0779. The summed E-state index contributed by atoms with van der Waals surface area (Å²) in [5.41, 5.74) is -0.469. The lowest BCUT2D eigenvalue weighted by Crippen LogP contribution is -2.51. The highest BCUT2D eigenvalue weighted by Gasteiger charge is 2.45. The summed E-state index contributed by atoms with van der Waals surface area (Å²) in [4.78, 5) is 14.3. The van der Waals surface area contributed by atoms with Crippen LogP contribution in [0.25, 0.3) is 0 Å². The summed E-state index contributed by atoms with van der Waals surface area (Å²) in [5.74, 6) is 0.234. The summed E-state index contributed by atoms with van der Waals surface area (Å²) < 4.78 is 0. The third-order valence-corrected chi connectivity index (χ3v) is 4.53. The first-order valence-corrected chi connectivity index (χ1v) is 6.13. The van der Waals surface area contributed by atoms with E-state index in [1.54, 1.807) is 0 Å². The third kappa shape index (κ3) is 2.15. The molecule has 1 rings (SSSR count). The van der Waals surface area contributed by atoms with Crippen LogP contribution in [0.2, 0.25) is 0 Å². The van der Waals surface area contributed by atoms with Crippen molar-refractivity contribution in [3.8, 4) is 0 Å². The summed E-state index contributed by atoms with van der Waals surface area (Å²) in [6.07, 6.45) is 1.77. The highest BCUT2D eigenvalue weighted by molar-refractivity contribution is 6.21. The summed E-state index contributed by atoms with van der Waals surface area (Å²) in [5, 5.41) is 0.0779. The van der Waals surface area contributed by atoms with Gasteiger partial charge in [-0.2, -0.15) is 0 Å². The van der Waals surface area contributed by atoms with E-state index < -0.39 is 0 Å². The zero-order chi connectivity index (χ0) is 11.9. The van der Waals surface area contributed by atoms with Crippen LogP contribution in [0.15, 0.2) is 0 Å². The van der Waals surface area contributed by atoms with Gasteiger partial charge in [0, 0.05) is 12.0 Å². The average Bonchev–Trinajstić information content (AvgIpc) is 2.41. The average molecular weight is 232 g/mol. The number of hydrogen-bond donors (Lipinski definition) is 0. The molecular weight excluding hydrogens is 210 g/mol. The van der Waals surface area contributed by atoms with Crippen molar-refractivity contribution >= 4 is 17.5 Å². The van der Waals surface area contributed by atoms with Crippen molar-refractivity contribution in [1.29, 1.82) is 0 Å². The molecule has 1 fully saturated rings. The van der Waals surface area contributed by atoms with Crippen molar-refractivity contribution in [1.82, 2.24) is 4.90 Å². The fourth-order valence-corrected chi connectivity index (χ4v) is 2.15. The molecule has 1 unspecified atom stereocenters. The Morgan fingerprint density at radius 3 is 2.40 bits per heavy atom. The molecule has 0 spiro atoms. The highest BCUT2D eigenvalue weighted by Crippen LogP contribution is 2.37. The van der Waals surface area contributed by atoms with Crippen molar-refractivity contribution < 1.29 is 4.79 Å². The van der Waals surface area contributed by atoms with Gasteiger partial charge in [0.15, 0.2) is 0 Å². The van der Waals surface area contributed by atoms with Crippen LogP contribution >= 0.6 is 11.6 Å². The molecule has 0 aromatic heterocycles. The van der Waals surface area contributed by atoms with Crippen molar-refractivity contribution in [3.05, 3.63) is 0 Å². The molecule has 1 amide bonds. The first-order chi connectivity index (χ1) is 6.73. The predicted molar refractivity (Wildman–Crippen MR) is 64.1 cm³/mol. The van der Waals surface area contributed by atoms with Gasteiger partial charge in [0.25, 0.3) is 0 Å². The maximum atomic E-state index is 12.3. The first kappa shape index (κ1) is 12.8. The zero-order valence-corrected chi connectivity index (χ0v) is 11.2. The second kappa shape index (κ2) is 3.97. The van der Waals surface area contributed by atoms with Crippen LogP contribution in [-0.2, 0) is 4.79 Å². The Labute approximate surface area is 98.0 Å². The number of rotatable bonds is 2. The molecule has 0 aromatic carbocycles. The van der Waals surface area contributed by atoms with Gasteiger partial charge in [-0.05, 0) is 26.7 Å². The van der Waals surface area contributed by atoms with Crippen LogP contribution in [0.3, 0.4) is 0 Å². The Hall–Kier alpha value is -0.240. The minimum Gasteiger partial charge on any atom is -0.336 e. The van der Waals surface area contributed by atoms with Crippen molar-refractivity contribution in [2.45, 2.75) is 58.4 Å². The molecule has 0 bridgehead atoms. The predicted octanol–water partition coefficient (Wildman–Crippen LogP) is 3.04. The summed E-state index contributed by atoms with van der Waals surface area (Å²) >= 11 is 6.24. The van der Waals surface area contributed by atoms with E-state index in [1.807, 2.05) is 18.7 Å². The van der Waals surface area contributed by atoms with Crippen LogP contribution in [0.4, 0.5) is 0 Å². The number of halogens is 1. The fraction of sp³-hybridized carbons (Fsp3) is 0.917. The van der Waals surface area contributed by atoms with Gasteiger partial charge in [0.1, 0.15) is 0 Å². The molecule has 1 heterocycles. The lowest BCUT2D eigenvalue weighted by atomic mass is 9.87. The van der Waals surface area contributed by atoms with Gasteiger partial charge in [0.05, 0.1) is 10.9 Å². The SMILES string of the molecule is CCC(C)(C)C(=O)N1CCC(Cl)C1(C)C. The molecule has 0 radical (unpaired) electrons. The van der Waals surface area contributed by atoms with Crippen molar-refractivity contribution in [3.63, 3.8) is 0 Å². The number of hydrogen-bond acceptors (Lipinski definition) is 1. The molecule has 1 aliphatic rings. The smallest absolute Gasteiger partial charge is 0.228 e. The molecule has 0 aliphatic carbocycles. The number of alkyl halides is 1. The van der Waals surface area contributed by atoms with Crippen molar-refractivity contribution in [2.24, 2.45) is 5.41 Å². The molecule has 0 aromatic rings. The van der Waals surface area contributed by atoms with Gasteiger partial charge in [0.2, 0.25) is 5.91 Å². The van der Waals surface area contributed by atoms with E-state index in [0.29, 0.717) is 0 Å². The number of carbonyl (C=O) groups excluding carboxylic acids is 1. The Kier molecular flexibility index (Phi) is 3.39. The molecule has 88 valence electrons. The molecule has 1 saturated heterocycles. The fourth-order valence-electron chi connectivity index (χ4n) is 1.93. The van der Waals surface area contributed by atoms with Crippen LogP contribution in [-0.4, -0.2) is 28.3 Å². The topological polar surface area (TPSA) is 20.3 Å². The second-order valence-corrected chi connectivity index (χ2v) is 6.13. The molecule has 1 aliphatic heterocycles. The monoisotopic (exact) mass is 231 g/mol. The van der Waals surface area contributed by atoms with E-state index >= 15 is 0 Å². The van der Waals surface area contributed by atoms with Gasteiger partial charge in [-0.25, -0.2) is 0 Å². The Morgan fingerprint density at radius 2 is 2.07 bits per heavy atom. The normalized spacial score (nSPS) is 25.7. The van der Waals surface area contributed by atoms with Crippen LogP contribution in [0.1, 0.15) is 47.5 Å². The van der Waals surface area contributed by atoms with Gasteiger partial charge >= 0.3 is 0 Å². The molecule has 15 heavy (non-hydrogen) atoms. The van der Waals surface area contributed by atoms with Crippen molar-refractivity contribution in [2.75, 3.05) is 6.54 Å². The second-order valence-electron chi connectivity index (χ2n) is 5.60. The molecule has 0 N–H and O–H groups in total. The van der Waals surface area contributed by atoms with E-state index in [9.17, 15) is 4.79 Å². The van der Waals surface area contributed by atoms with Gasteiger partial charge in [-0.15, -0.1) is 11.6 Å². The number of likely N-dealkylation sites (tertiary alicyclic amines) is 1. The maximum Gasteiger partial charge on any atom is 0.228 e. The third-order valence-electron chi connectivity index (χ3n) is 3.78. The minimum atomic E-state index is -0.266. The van der Waals surface area contributed by atoms with Crippen LogP contribution in [0, 0.1) is 5.41 Å². The summed E-state index contributed by atoms with van der Waals surface area (Å²) in [7, 11) is 0. The first-order valence-electron chi connectivity index (χ1n) is 5.69. The molecule has 3 heteroatoms. The van der Waals surface area contributed by atoms with Crippen LogP contribution in [0.5, 0.6) is 0 Å². The lowest BCUT2D eigenvalue weighted by molar-refractivity contribution is -0.143. The Morgan fingerprint density at radius 1 is 1.53 bits per heavy atom. The van der Waals surface area contributed by atoms with Gasteiger partial charge < -0.3 is 4.90 Å². The van der Waals surface area contributed by atoms with Crippen LogP contribution < -0.4 is 0 Å². The van der Waals surface area contributed by atoms with E-state index in [1.165, 1.54) is 0 Å². The standard InChI is InChI=1S/C12H22ClNO/c1-6-11(2,3)10(15)14-8-7-9(13)12(14,4)5/h9H,6-8H2,1-5H3. The number of nitrogens with zero attached hydrogens (tertiary/aromatic N) is 1. The Bertz CT molecular complexity index is 260. The van der Waals surface area contributed by atoms with E-state index in [0.717, 1.165) is 19.4 Å². The highest BCUT2D eigenvalue weighted by atomic mass is 35.5. The molecule has 0 saturated carbocycles. The summed E-state index contributed by atoms with van der Waals surface area (Å²) in [6, 6.07) is 0. The van der Waals surface area contributed by atoms with E-state index in [-0.39, 0.29) is 22.2 Å². The lowest BCUT2D eigenvalue weighted by Gasteiger charge is -2.38. The number of carbonyl (C=O) groups is 1. The summed E-state index contributed by atoms with van der Waals surface area (Å²) in [6.45, 7) is 11.0. The molecule has 1 atom stereocenters.